The lowest BCUT2D eigenvalue weighted by Crippen LogP contribution is -2.49. The summed E-state index contributed by atoms with van der Waals surface area (Å²) in [5.74, 6) is -0.790. The maximum Gasteiger partial charge on any atom is 0.325 e. The fraction of sp³-hybridized carbons (Fsp3) is 0.429. The van der Waals surface area contributed by atoms with Gasteiger partial charge in [0.1, 0.15) is 11.9 Å². The van der Waals surface area contributed by atoms with Gasteiger partial charge in [0, 0.05) is 13.1 Å². The summed E-state index contributed by atoms with van der Waals surface area (Å²) < 4.78 is 23.3. The van der Waals surface area contributed by atoms with Crippen LogP contribution in [0.2, 0.25) is 0 Å². The number of benzene rings is 1. The second-order valence-electron chi connectivity index (χ2n) is 4.50. The zero-order valence-electron chi connectivity index (χ0n) is 11.1. The van der Waals surface area contributed by atoms with E-state index in [1.807, 2.05) is 11.0 Å². The maximum atomic E-state index is 13.3. The van der Waals surface area contributed by atoms with Crippen molar-refractivity contribution >= 4 is 5.97 Å². The van der Waals surface area contributed by atoms with Crippen LogP contribution in [-0.4, -0.2) is 43.8 Å². The van der Waals surface area contributed by atoms with E-state index in [1.165, 1.54) is 25.3 Å². The van der Waals surface area contributed by atoms with Gasteiger partial charge in [0.2, 0.25) is 0 Å². The summed E-state index contributed by atoms with van der Waals surface area (Å²) in [5.41, 5.74) is 0.963. The Bertz CT molecular complexity index is 542. The Kier molecular flexibility index (Phi) is 4.66. The van der Waals surface area contributed by atoms with Gasteiger partial charge in [-0.2, -0.15) is 5.26 Å². The second kappa shape index (κ2) is 6.46. The van der Waals surface area contributed by atoms with Crippen molar-refractivity contribution in [1.82, 2.24) is 4.90 Å². The molecule has 0 spiro atoms. The van der Waals surface area contributed by atoms with Crippen LogP contribution in [0, 0.1) is 17.1 Å². The first-order chi connectivity index (χ1) is 9.65. The summed E-state index contributed by atoms with van der Waals surface area (Å²) >= 11 is 0. The number of carbonyl (C=O) groups excluding carboxylic acids is 1. The lowest BCUT2D eigenvalue weighted by atomic mass is 10.1. The molecular weight excluding hydrogens is 263 g/mol. The Morgan fingerprint density at radius 3 is 3.15 bits per heavy atom. The number of carbonyl (C=O) groups is 1. The molecule has 106 valence electrons. The topological polar surface area (TPSA) is 62.6 Å². The van der Waals surface area contributed by atoms with Crippen LogP contribution in [0.5, 0.6) is 0 Å². The Morgan fingerprint density at radius 1 is 1.65 bits per heavy atom. The molecule has 1 fully saturated rings. The zero-order chi connectivity index (χ0) is 14.5. The highest BCUT2D eigenvalue weighted by molar-refractivity contribution is 5.76. The molecular formula is C14H15FN2O3. The summed E-state index contributed by atoms with van der Waals surface area (Å²) in [7, 11) is 1.32. The van der Waals surface area contributed by atoms with Crippen molar-refractivity contribution in [2.75, 3.05) is 26.9 Å². The van der Waals surface area contributed by atoms with Crippen LogP contribution < -0.4 is 0 Å². The van der Waals surface area contributed by atoms with Gasteiger partial charge in [-0.15, -0.1) is 0 Å². The first-order valence-electron chi connectivity index (χ1n) is 6.24. The first kappa shape index (κ1) is 14.4. The molecule has 0 saturated carbocycles. The van der Waals surface area contributed by atoms with Gasteiger partial charge < -0.3 is 9.47 Å². The predicted octanol–water partition coefficient (Wildman–Crippen LogP) is 1.07. The van der Waals surface area contributed by atoms with E-state index in [4.69, 9.17) is 14.7 Å². The van der Waals surface area contributed by atoms with Crippen molar-refractivity contribution < 1.29 is 18.7 Å². The summed E-state index contributed by atoms with van der Waals surface area (Å²) in [5, 5.41) is 9.05. The number of morpholine rings is 1. The van der Waals surface area contributed by atoms with E-state index >= 15 is 0 Å². The minimum atomic E-state index is -0.524. The van der Waals surface area contributed by atoms with Crippen LogP contribution in [-0.2, 0) is 20.8 Å². The van der Waals surface area contributed by atoms with Gasteiger partial charge >= 0.3 is 5.97 Å². The Morgan fingerprint density at radius 2 is 2.45 bits per heavy atom. The first-order valence-corrected chi connectivity index (χ1v) is 6.24. The number of hydrogen-bond acceptors (Lipinski definition) is 5. The summed E-state index contributed by atoms with van der Waals surface area (Å²) in [4.78, 5) is 13.5. The highest BCUT2D eigenvalue weighted by atomic mass is 19.1. The van der Waals surface area contributed by atoms with Gasteiger partial charge in [-0.05, 0) is 23.8 Å². The van der Waals surface area contributed by atoms with E-state index in [2.05, 4.69) is 0 Å². The molecule has 0 N–H and O–H groups in total. The van der Waals surface area contributed by atoms with Crippen LogP contribution in [0.3, 0.4) is 0 Å². The van der Waals surface area contributed by atoms with E-state index in [0.29, 0.717) is 30.8 Å². The van der Waals surface area contributed by atoms with Crippen molar-refractivity contribution in [1.29, 1.82) is 5.26 Å². The van der Waals surface area contributed by atoms with Crippen molar-refractivity contribution in [3.8, 4) is 6.07 Å². The molecule has 1 aliphatic rings. The molecule has 0 aromatic heterocycles. The van der Waals surface area contributed by atoms with Gasteiger partial charge in [-0.1, -0.05) is 0 Å². The molecule has 6 heteroatoms. The fourth-order valence-electron chi connectivity index (χ4n) is 2.20. The number of halogens is 1. The molecule has 0 radical (unpaired) electrons. The molecule has 20 heavy (non-hydrogen) atoms. The zero-order valence-corrected chi connectivity index (χ0v) is 11.1. The van der Waals surface area contributed by atoms with Crippen molar-refractivity contribution in [2.45, 2.75) is 12.6 Å². The van der Waals surface area contributed by atoms with Gasteiger partial charge in [0.05, 0.1) is 32.0 Å². The number of esters is 1. The fourth-order valence-corrected chi connectivity index (χ4v) is 2.20. The molecule has 1 aromatic carbocycles. The van der Waals surface area contributed by atoms with Crippen LogP contribution in [0.4, 0.5) is 4.39 Å². The number of rotatable bonds is 3. The van der Waals surface area contributed by atoms with Gasteiger partial charge in [-0.25, -0.2) is 4.39 Å². The molecule has 1 atom stereocenters. The van der Waals surface area contributed by atoms with E-state index in [0.717, 1.165) is 0 Å². The van der Waals surface area contributed by atoms with E-state index in [-0.39, 0.29) is 12.6 Å². The van der Waals surface area contributed by atoms with Crippen LogP contribution in [0.25, 0.3) is 0 Å². The molecule has 1 heterocycles. The third kappa shape index (κ3) is 3.13. The molecule has 0 amide bonds. The van der Waals surface area contributed by atoms with Crippen molar-refractivity contribution in [3.05, 3.63) is 35.1 Å². The van der Waals surface area contributed by atoms with Crippen molar-refractivity contribution in [3.63, 3.8) is 0 Å². The van der Waals surface area contributed by atoms with Crippen LogP contribution in [0.1, 0.15) is 11.1 Å². The minimum Gasteiger partial charge on any atom is -0.468 e. The quantitative estimate of drug-likeness (QED) is 0.774. The summed E-state index contributed by atoms with van der Waals surface area (Å²) in [6.45, 7) is 1.57. The predicted molar refractivity (Wildman–Crippen MR) is 68.1 cm³/mol. The van der Waals surface area contributed by atoms with E-state index < -0.39 is 11.9 Å². The normalized spacial score (nSPS) is 19.4. The Labute approximate surface area is 116 Å². The molecule has 1 saturated heterocycles. The SMILES string of the molecule is COC(=O)C1COCCN1Cc1cc(F)ccc1C#N. The monoisotopic (exact) mass is 278 g/mol. The molecule has 0 aliphatic carbocycles. The van der Waals surface area contributed by atoms with E-state index in [9.17, 15) is 9.18 Å². The lowest BCUT2D eigenvalue weighted by Gasteiger charge is -2.33. The summed E-state index contributed by atoms with van der Waals surface area (Å²) in [6.07, 6.45) is 0. The molecule has 1 unspecified atom stereocenters. The molecule has 1 aromatic rings. The number of methoxy groups -OCH3 is 1. The largest absolute Gasteiger partial charge is 0.468 e. The van der Waals surface area contributed by atoms with E-state index in [1.54, 1.807) is 0 Å². The number of nitriles is 1. The van der Waals surface area contributed by atoms with Gasteiger partial charge in [-0.3, -0.25) is 9.69 Å². The smallest absolute Gasteiger partial charge is 0.325 e. The highest BCUT2D eigenvalue weighted by Gasteiger charge is 2.30. The minimum absolute atomic E-state index is 0.240. The number of ether oxygens (including phenoxy) is 2. The molecule has 2 rings (SSSR count). The maximum absolute atomic E-state index is 13.3. The highest BCUT2D eigenvalue weighted by Crippen LogP contribution is 2.17. The lowest BCUT2D eigenvalue weighted by molar-refractivity contribution is -0.153. The van der Waals surface area contributed by atoms with Gasteiger partial charge in [0.25, 0.3) is 0 Å². The number of nitrogens with zero attached hydrogens (tertiary/aromatic N) is 2. The molecule has 5 nitrogen and oxygen atoms in total. The second-order valence-corrected chi connectivity index (χ2v) is 4.50. The third-order valence-electron chi connectivity index (χ3n) is 3.27. The Balaban J connectivity index is 2.21. The molecule has 1 aliphatic heterocycles. The summed E-state index contributed by atoms with van der Waals surface area (Å²) in [6, 6.07) is 5.52. The number of hydrogen-bond donors (Lipinski definition) is 0. The van der Waals surface area contributed by atoms with Crippen LogP contribution >= 0.6 is 0 Å². The average molecular weight is 278 g/mol. The van der Waals surface area contributed by atoms with Crippen molar-refractivity contribution in [2.24, 2.45) is 0 Å². The molecule has 0 bridgehead atoms. The average Bonchev–Trinajstić information content (AvgIpc) is 2.47. The Hall–Kier alpha value is -1.97. The third-order valence-corrected chi connectivity index (χ3v) is 3.27. The van der Waals surface area contributed by atoms with Crippen LogP contribution in [0.15, 0.2) is 18.2 Å². The standard InChI is InChI=1S/C14H15FN2O3/c1-19-14(18)13-9-20-5-4-17(13)8-11-6-12(15)3-2-10(11)7-16/h2-3,6,13H,4-5,8-9H2,1H3. The van der Waals surface area contributed by atoms with Gasteiger partial charge in [0.15, 0.2) is 0 Å².